The van der Waals surface area contributed by atoms with Gasteiger partial charge in [-0.1, -0.05) is 25.4 Å². The van der Waals surface area contributed by atoms with Crippen molar-refractivity contribution in [2.45, 2.75) is 26.7 Å². The zero-order valence-corrected chi connectivity index (χ0v) is 12.3. The summed E-state index contributed by atoms with van der Waals surface area (Å²) in [6, 6.07) is 4.89. The summed E-state index contributed by atoms with van der Waals surface area (Å²) in [5, 5.41) is 3.20. The van der Waals surface area contributed by atoms with Crippen molar-refractivity contribution in [1.29, 1.82) is 0 Å². The Morgan fingerprint density at radius 3 is 2.58 bits per heavy atom. The first-order chi connectivity index (χ1) is 8.99. The van der Waals surface area contributed by atoms with Crippen LogP contribution in [0.4, 0.5) is 5.69 Å². The van der Waals surface area contributed by atoms with Crippen molar-refractivity contribution in [2.75, 3.05) is 18.9 Å². The number of benzene rings is 1. The molecular formula is C14H19ClN2O2. The van der Waals surface area contributed by atoms with Gasteiger partial charge in [-0.2, -0.15) is 0 Å². The average molecular weight is 283 g/mol. The van der Waals surface area contributed by atoms with Crippen LogP contribution in [-0.4, -0.2) is 30.3 Å². The molecule has 0 saturated carbocycles. The molecule has 1 rings (SSSR count). The maximum absolute atomic E-state index is 12.3. The van der Waals surface area contributed by atoms with Crippen molar-refractivity contribution >= 4 is 29.1 Å². The van der Waals surface area contributed by atoms with Gasteiger partial charge in [-0.15, -0.1) is 0 Å². The number of rotatable bonds is 5. The zero-order chi connectivity index (χ0) is 14.4. The largest absolute Gasteiger partial charge is 0.342 e. The van der Waals surface area contributed by atoms with E-state index in [1.165, 1.54) is 0 Å². The van der Waals surface area contributed by atoms with Crippen LogP contribution in [0.5, 0.6) is 0 Å². The van der Waals surface area contributed by atoms with Crippen LogP contribution in [0.1, 0.15) is 37.0 Å². The lowest BCUT2D eigenvalue weighted by Crippen LogP contribution is -2.28. The number of hydrogen-bond donors (Lipinski definition) is 1. The predicted molar refractivity (Wildman–Crippen MR) is 77.6 cm³/mol. The number of hydrogen-bond acceptors (Lipinski definition) is 2. The van der Waals surface area contributed by atoms with Crippen LogP contribution in [0.3, 0.4) is 0 Å². The van der Waals surface area contributed by atoms with Crippen molar-refractivity contribution in [1.82, 2.24) is 4.90 Å². The molecule has 4 nitrogen and oxygen atoms in total. The van der Waals surface area contributed by atoms with Crippen molar-refractivity contribution in [2.24, 2.45) is 0 Å². The van der Waals surface area contributed by atoms with Gasteiger partial charge in [-0.25, -0.2) is 0 Å². The Hall–Kier alpha value is -1.55. The molecule has 0 aliphatic carbocycles. The smallest absolute Gasteiger partial charge is 0.255 e. The Bertz CT molecular complexity index is 475. The SMILES string of the molecule is CCCN(C)C(=O)c1ccc(Cl)cc1NC(=O)CC. The van der Waals surface area contributed by atoms with Gasteiger partial charge in [0, 0.05) is 25.0 Å². The van der Waals surface area contributed by atoms with E-state index in [1.54, 1.807) is 37.1 Å². The second-order valence-electron chi connectivity index (χ2n) is 4.32. The predicted octanol–water partition coefficient (Wildman–Crippen LogP) is 3.17. The number of anilines is 1. The van der Waals surface area contributed by atoms with E-state index in [9.17, 15) is 9.59 Å². The molecule has 1 aromatic carbocycles. The van der Waals surface area contributed by atoms with Crippen LogP contribution in [-0.2, 0) is 4.79 Å². The fourth-order valence-corrected chi connectivity index (χ4v) is 1.86. The van der Waals surface area contributed by atoms with Gasteiger partial charge in [0.15, 0.2) is 0 Å². The highest BCUT2D eigenvalue weighted by atomic mass is 35.5. The maximum Gasteiger partial charge on any atom is 0.255 e. The lowest BCUT2D eigenvalue weighted by atomic mass is 10.1. The monoisotopic (exact) mass is 282 g/mol. The zero-order valence-electron chi connectivity index (χ0n) is 11.5. The van der Waals surface area contributed by atoms with Gasteiger partial charge in [0.1, 0.15) is 0 Å². The highest BCUT2D eigenvalue weighted by molar-refractivity contribution is 6.31. The molecule has 0 aliphatic rings. The van der Waals surface area contributed by atoms with Crippen LogP contribution in [0.25, 0.3) is 0 Å². The Kier molecular flexibility index (Phi) is 5.83. The van der Waals surface area contributed by atoms with Crippen molar-refractivity contribution in [3.63, 3.8) is 0 Å². The Labute approximate surface area is 118 Å². The molecule has 0 radical (unpaired) electrons. The minimum atomic E-state index is -0.144. The van der Waals surface area contributed by atoms with Gasteiger partial charge in [0.2, 0.25) is 5.91 Å². The second-order valence-corrected chi connectivity index (χ2v) is 4.75. The Balaban J connectivity index is 3.05. The van der Waals surface area contributed by atoms with E-state index in [0.717, 1.165) is 6.42 Å². The van der Waals surface area contributed by atoms with E-state index in [0.29, 0.717) is 29.2 Å². The summed E-state index contributed by atoms with van der Waals surface area (Å²) in [6.07, 6.45) is 1.23. The van der Waals surface area contributed by atoms with Crippen molar-refractivity contribution < 1.29 is 9.59 Å². The van der Waals surface area contributed by atoms with Gasteiger partial charge >= 0.3 is 0 Å². The first-order valence-corrected chi connectivity index (χ1v) is 6.72. The van der Waals surface area contributed by atoms with E-state index < -0.39 is 0 Å². The van der Waals surface area contributed by atoms with Crippen LogP contribution in [0, 0.1) is 0 Å². The molecule has 1 N–H and O–H groups in total. The van der Waals surface area contributed by atoms with Gasteiger partial charge in [0.25, 0.3) is 5.91 Å². The molecule has 0 atom stereocenters. The molecule has 19 heavy (non-hydrogen) atoms. The average Bonchev–Trinajstić information content (AvgIpc) is 2.38. The van der Waals surface area contributed by atoms with Gasteiger partial charge in [-0.3, -0.25) is 9.59 Å². The number of carbonyl (C=O) groups is 2. The second kappa shape index (κ2) is 7.14. The molecule has 0 bridgehead atoms. The number of nitrogens with zero attached hydrogens (tertiary/aromatic N) is 1. The van der Waals surface area contributed by atoms with Gasteiger partial charge in [-0.05, 0) is 24.6 Å². The molecule has 0 aromatic heterocycles. The molecule has 0 saturated heterocycles. The molecule has 0 aliphatic heterocycles. The first-order valence-electron chi connectivity index (χ1n) is 6.34. The van der Waals surface area contributed by atoms with Crippen molar-refractivity contribution in [3.05, 3.63) is 28.8 Å². The number of amides is 2. The molecule has 1 aromatic rings. The molecule has 5 heteroatoms. The lowest BCUT2D eigenvalue weighted by Gasteiger charge is -2.18. The van der Waals surface area contributed by atoms with E-state index in [-0.39, 0.29) is 11.8 Å². The fourth-order valence-electron chi connectivity index (χ4n) is 1.69. The van der Waals surface area contributed by atoms with Gasteiger partial charge in [0.05, 0.1) is 11.3 Å². The minimum Gasteiger partial charge on any atom is -0.342 e. The summed E-state index contributed by atoms with van der Waals surface area (Å²) in [7, 11) is 1.74. The topological polar surface area (TPSA) is 49.4 Å². The van der Waals surface area contributed by atoms with Crippen LogP contribution < -0.4 is 5.32 Å². The summed E-state index contributed by atoms with van der Waals surface area (Å²) in [5.41, 5.74) is 0.925. The van der Waals surface area contributed by atoms with E-state index in [2.05, 4.69) is 5.32 Å². The number of nitrogens with one attached hydrogen (secondary N) is 1. The fraction of sp³-hybridized carbons (Fsp3) is 0.429. The van der Waals surface area contributed by atoms with Crippen LogP contribution in [0.15, 0.2) is 18.2 Å². The number of carbonyl (C=O) groups excluding carboxylic acids is 2. The third-order valence-corrected chi connectivity index (χ3v) is 2.95. The van der Waals surface area contributed by atoms with Crippen molar-refractivity contribution in [3.8, 4) is 0 Å². The normalized spacial score (nSPS) is 10.1. The van der Waals surface area contributed by atoms with E-state index >= 15 is 0 Å². The first kappa shape index (κ1) is 15.5. The molecule has 2 amide bonds. The summed E-state index contributed by atoms with van der Waals surface area (Å²) in [4.78, 5) is 25.4. The van der Waals surface area contributed by atoms with E-state index in [1.807, 2.05) is 6.92 Å². The summed E-state index contributed by atoms with van der Waals surface area (Å²) in [5.74, 6) is -0.264. The number of halogens is 1. The highest BCUT2D eigenvalue weighted by Crippen LogP contribution is 2.22. The quantitative estimate of drug-likeness (QED) is 0.902. The Morgan fingerprint density at radius 2 is 2.00 bits per heavy atom. The van der Waals surface area contributed by atoms with Gasteiger partial charge < -0.3 is 10.2 Å². The molecule has 0 fully saturated rings. The molecule has 0 heterocycles. The molecule has 104 valence electrons. The van der Waals surface area contributed by atoms with Crippen LogP contribution in [0.2, 0.25) is 5.02 Å². The molecular weight excluding hydrogens is 264 g/mol. The van der Waals surface area contributed by atoms with E-state index in [4.69, 9.17) is 11.6 Å². The lowest BCUT2D eigenvalue weighted by molar-refractivity contribution is -0.115. The summed E-state index contributed by atoms with van der Waals surface area (Å²) in [6.45, 7) is 4.43. The molecule has 0 unspecified atom stereocenters. The Morgan fingerprint density at radius 1 is 1.32 bits per heavy atom. The minimum absolute atomic E-state index is 0.120. The third-order valence-electron chi connectivity index (χ3n) is 2.71. The highest BCUT2D eigenvalue weighted by Gasteiger charge is 2.16. The third kappa shape index (κ3) is 4.24. The summed E-state index contributed by atoms with van der Waals surface area (Å²) < 4.78 is 0. The maximum atomic E-state index is 12.3. The standard InChI is InChI=1S/C14H19ClN2O2/c1-4-8-17(3)14(19)11-7-6-10(15)9-12(11)16-13(18)5-2/h6-7,9H,4-5,8H2,1-3H3,(H,16,18). The van der Waals surface area contributed by atoms with Crippen LogP contribution >= 0.6 is 11.6 Å². The molecule has 0 spiro atoms. The summed E-state index contributed by atoms with van der Waals surface area (Å²) >= 11 is 5.91.